The fourth-order valence-corrected chi connectivity index (χ4v) is 0.169. The Bertz CT molecular complexity index is 154. The Labute approximate surface area is 93.3 Å². The summed E-state index contributed by atoms with van der Waals surface area (Å²) < 4.78 is 0. The normalized spacial score (nSPS) is 10.5. The molecule has 17 nitrogen and oxygen atoms in total. The van der Waals surface area contributed by atoms with Crippen LogP contribution in [0.25, 0.3) is 0 Å². The first-order chi connectivity index (χ1) is 8.91. The average Bonchev–Trinajstić information content (AvgIpc) is 2.39. The Morgan fingerprint density at radius 2 is 0.889 bits per heavy atom. The molecular weight excluding hydrogens is 284 g/mol. The molecule has 0 atom stereocenters. The Morgan fingerprint density at radius 1 is 0.556 bits per heavy atom. The van der Waals surface area contributed by atoms with Gasteiger partial charge >= 0.3 is 6.47 Å². The number of carbonyl (C=O) groups is 1. The molecule has 0 aromatic rings. The first kappa shape index (κ1) is 16.9. The molecule has 0 saturated carbocycles. The highest BCUT2D eigenvalue weighted by Crippen LogP contribution is 1.91. The number of hydrogen-bond donors (Lipinski definition) is 1. The topological polar surface area (TPSA) is 176 Å². The lowest BCUT2D eigenvalue weighted by atomic mass is 11.7. The van der Waals surface area contributed by atoms with Crippen LogP contribution in [0, 0.1) is 0 Å². The van der Waals surface area contributed by atoms with E-state index < -0.39 is 0 Å². The monoisotopic (exact) mass is 286 g/mol. The first-order valence-electron chi connectivity index (χ1n) is 2.99. The van der Waals surface area contributed by atoms with Crippen molar-refractivity contribution >= 4 is 6.47 Å². The van der Waals surface area contributed by atoms with E-state index in [9.17, 15) is 4.79 Å². The van der Waals surface area contributed by atoms with Gasteiger partial charge in [0.15, 0.2) is 0 Å². The Hall–Kier alpha value is -1.13. The van der Waals surface area contributed by atoms with E-state index in [4.69, 9.17) is 5.26 Å². The van der Waals surface area contributed by atoms with Crippen molar-refractivity contribution in [1.82, 2.24) is 0 Å². The lowest BCUT2D eigenvalue weighted by Gasteiger charge is -1.97. The van der Waals surface area contributed by atoms with Gasteiger partial charge in [-0.1, -0.05) is 0 Å². The van der Waals surface area contributed by atoms with Crippen molar-refractivity contribution in [3.8, 4) is 0 Å². The van der Waals surface area contributed by atoms with Crippen LogP contribution in [-0.2, 0) is 80.2 Å². The molecule has 0 rings (SSSR count). The van der Waals surface area contributed by atoms with Gasteiger partial charge in [0.25, 0.3) is 0 Å². The Kier molecular flexibility index (Phi) is 14.9. The average molecular weight is 286 g/mol. The third kappa shape index (κ3) is 14.9. The maximum atomic E-state index is 9.44. The lowest BCUT2D eigenvalue weighted by molar-refractivity contribution is -0.882. The maximum Gasteiger partial charge on any atom is 0.334 e. The summed E-state index contributed by atoms with van der Waals surface area (Å²) in [5.41, 5.74) is 0. The van der Waals surface area contributed by atoms with Crippen LogP contribution >= 0.6 is 0 Å². The van der Waals surface area contributed by atoms with Crippen LogP contribution in [0.2, 0.25) is 0 Å². The molecule has 0 bridgehead atoms. The lowest BCUT2D eigenvalue weighted by Crippen LogP contribution is -2.04. The largest absolute Gasteiger partial charge is 0.334 e. The summed E-state index contributed by atoms with van der Waals surface area (Å²) >= 11 is 0. The van der Waals surface area contributed by atoms with Gasteiger partial charge in [-0.2, -0.15) is 0 Å². The Balaban J connectivity index is 2.88. The molecule has 0 aromatic heterocycles. The quantitative estimate of drug-likeness (QED) is 0.162. The van der Waals surface area contributed by atoms with E-state index >= 15 is 0 Å². The van der Waals surface area contributed by atoms with Crippen molar-refractivity contribution in [2.45, 2.75) is 0 Å². The molecule has 108 valence electrons. The molecule has 0 aromatic carbocycles. The third-order valence-corrected chi connectivity index (χ3v) is 0.442. The summed E-state index contributed by atoms with van der Waals surface area (Å²) in [7, 11) is 0. The predicted molar refractivity (Wildman–Crippen MR) is 25.0 cm³/mol. The number of hydrogen-bond acceptors (Lipinski definition) is 17. The summed E-state index contributed by atoms with van der Waals surface area (Å²) in [6.45, 7) is -0.140. The molecule has 0 fully saturated rings. The van der Waals surface area contributed by atoms with Crippen LogP contribution in [0.3, 0.4) is 0 Å². The van der Waals surface area contributed by atoms with Crippen molar-refractivity contribution in [2.75, 3.05) is 0 Å². The van der Waals surface area contributed by atoms with Gasteiger partial charge in [-0.3, -0.25) is 9.68 Å². The van der Waals surface area contributed by atoms with Crippen molar-refractivity contribution in [3.05, 3.63) is 0 Å². The van der Waals surface area contributed by atoms with Gasteiger partial charge in [0.1, 0.15) is 0 Å². The minimum Gasteiger partial charge on any atom is -0.270 e. The molecule has 0 spiro atoms. The van der Waals surface area contributed by atoms with Crippen molar-refractivity contribution in [3.63, 3.8) is 0 Å². The molecule has 1 N–H and O–H groups in total. The SMILES string of the molecule is O=COOOOOOOOOOOOOOOO. The highest BCUT2D eigenvalue weighted by atomic mass is 18.0. The first-order valence-corrected chi connectivity index (χ1v) is 2.99. The Morgan fingerprint density at radius 3 is 1.22 bits per heavy atom. The molecule has 17 heteroatoms. The van der Waals surface area contributed by atoms with Crippen LogP contribution < -0.4 is 0 Å². The minimum absolute atomic E-state index is 0.140. The molecule has 0 aliphatic carbocycles. The van der Waals surface area contributed by atoms with E-state index in [-0.39, 0.29) is 6.47 Å². The zero-order chi connectivity index (χ0) is 13.3. The van der Waals surface area contributed by atoms with E-state index in [1.807, 2.05) is 0 Å². The highest BCUT2D eigenvalue weighted by molar-refractivity contribution is 5.35. The zero-order valence-electron chi connectivity index (χ0n) is 7.56. The van der Waals surface area contributed by atoms with E-state index in [1.165, 1.54) is 0 Å². The van der Waals surface area contributed by atoms with E-state index in [0.717, 1.165) is 0 Å². The standard InChI is InChI=1S/CH2O17/c2-1-4-6-8-10-12-14-16-18-17-15-13-11-9-7-5-3/h1,3H. The van der Waals surface area contributed by atoms with Gasteiger partial charge in [-0.05, 0) is 35.3 Å². The predicted octanol–water partition coefficient (Wildman–Crippen LogP) is -1.33. The molecule has 0 unspecified atom stereocenters. The summed E-state index contributed by atoms with van der Waals surface area (Å²) in [5.74, 6) is 0. The summed E-state index contributed by atoms with van der Waals surface area (Å²) in [5, 5.41) is 54.7. The number of rotatable bonds is 15. The number of carbonyl (C=O) groups excluding carboxylic acids is 1. The fourth-order valence-electron chi connectivity index (χ4n) is 0.169. The van der Waals surface area contributed by atoms with Gasteiger partial charge in [-0.15, -0.1) is 0 Å². The molecule has 0 amide bonds. The smallest absolute Gasteiger partial charge is 0.270 e. The summed E-state index contributed by atoms with van der Waals surface area (Å²) in [6.07, 6.45) is 0. The van der Waals surface area contributed by atoms with Crippen LogP contribution in [0.5, 0.6) is 0 Å². The van der Waals surface area contributed by atoms with Crippen molar-refractivity contribution in [2.24, 2.45) is 0 Å². The van der Waals surface area contributed by atoms with Gasteiger partial charge in [-0.25, -0.2) is 5.26 Å². The molecule has 0 heterocycles. The molecular formula is CH2O17. The molecule has 18 heavy (non-hydrogen) atoms. The second kappa shape index (κ2) is 15.9. The van der Waals surface area contributed by atoms with Crippen LogP contribution in [-0.4, -0.2) is 11.7 Å². The third-order valence-electron chi connectivity index (χ3n) is 0.442. The van der Waals surface area contributed by atoms with E-state index in [1.54, 1.807) is 0 Å². The van der Waals surface area contributed by atoms with E-state index in [2.05, 4.69) is 75.4 Å². The van der Waals surface area contributed by atoms with E-state index in [0.29, 0.717) is 0 Å². The summed E-state index contributed by atoms with van der Waals surface area (Å²) in [6, 6.07) is 0. The highest BCUT2D eigenvalue weighted by Gasteiger charge is 1.98. The second-order valence-corrected chi connectivity index (χ2v) is 1.15. The minimum atomic E-state index is -0.140. The molecule has 0 radical (unpaired) electrons. The summed E-state index contributed by atoms with van der Waals surface area (Å²) in [4.78, 5) is 12.9. The van der Waals surface area contributed by atoms with Crippen LogP contribution in [0.4, 0.5) is 0 Å². The van der Waals surface area contributed by atoms with Gasteiger partial charge in [0.2, 0.25) is 0 Å². The second-order valence-electron chi connectivity index (χ2n) is 1.15. The van der Waals surface area contributed by atoms with Gasteiger partial charge in [0, 0.05) is 35.3 Å². The van der Waals surface area contributed by atoms with Gasteiger partial charge < -0.3 is 0 Å². The van der Waals surface area contributed by atoms with Crippen molar-refractivity contribution in [1.29, 1.82) is 0 Å². The van der Waals surface area contributed by atoms with Crippen LogP contribution in [0.1, 0.15) is 0 Å². The van der Waals surface area contributed by atoms with Crippen LogP contribution in [0.15, 0.2) is 0 Å². The maximum absolute atomic E-state index is 9.44. The fraction of sp³-hybridized carbons (Fsp3) is 0. The molecule has 0 aliphatic heterocycles. The van der Waals surface area contributed by atoms with Gasteiger partial charge in [0.05, 0.1) is 0 Å². The van der Waals surface area contributed by atoms with Crippen molar-refractivity contribution < 1.29 is 85.5 Å². The molecule has 0 aliphatic rings. The zero-order valence-corrected chi connectivity index (χ0v) is 7.56. The molecule has 0 saturated heterocycles.